The molecule has 1 heterocycles. The summed E-state index contributed by atoms with van der Waals surface area (Å²) in [4.78, 5) is 40.5. The summed E-state index contributed by atoms with van der Waals surface area (Å²) in [6.45, 7) is 11.6. The predicted molar refractivity (Wildman–Crippen MR) is 141 cm³/mol. The van der Waals surface area contributed by atoms with Crippen LogP contribution < -0.4 is 5.32 Å². The third kappa shape index (κ3) is 9.26. The van der Waals surface area contributed by atoms with Gasteiger partial charge in [0.15, 0.2) is 0 Å². The number of carbonyl (C=O) groups excluding carboxylic acids is 3. The zero-order chi connectivity index (χ0) is 26.6. The highest BCUT2D eigenvalue weighted by Gasteiger charge is 2.33. The fourth-order valence-corrected chi connectivity index (χ4v) is 4.53. The Morgan fingerprint density at radius 1 is 1.19 bits per heavy atom. The molecule has 2 N–H and O–H groups in total. The number of esters is 1. The molecule has 0 spiro atoms. The fourth-order valence-electron chi connectivity index (χ4n) is 4.53. The van der Waals surface area contributed by atoms with E-state index in [-0.39, 0.29) is 49.4 Å². The molecule has 1 saturated heterocycles. The maximum Gasteiger partial charge on any atom is 0.309 e. The molecule has 198 valence electrons. The van der Waals surface area contributed by atoms with Crippen LogP contribution in [0.2, 0.25) is 0 Å². The molecule has 7 nitrogen and oxygen atoms in total. The Morgan fingerprint density at radius 2 is 1.92 bits per heavy atom. The van der Waals surface area contributed by atoms with Crippen molar-refractivity contribution in [3.63, 3.8) is 0 Å². The van der Waals surface area contributed by atoms with E-state index in [0.29, 0.717) is 32.2 Å². The van der Waals surface area contributed by atoms with Gasteiger partial charge in [-0.05, 0) is 57.9 Å². The van der Waals surface area contributed by atoms with Crippen molar-refractivity contribution >= 4 is 17.8 Å². The second kappa shape index (κ2) is 14.6. The zero-order valence-corrected chi connectivity index (χ0v) is 21.8. The smallest absolute Gasteiger partial charge is 0.309 e. The average molecular weight is 499 g/mol. The first-order chi connectivity index (χ1) is 17.2. The van der Waals surface area contributed by atoms with Crippen LogP contribution in [0.4, 0.5) is 0 Å². The number of aliphatic hydroxyl groups excluding tert-OH is 1. The van der Waals surface area contributed by atoms with Crippen molar-refractivity contribution < 1.29 is 24.2 Å². The molecule has 0 bridgehead atoms. The lowest BCUT2D eigenvalue weighted by Gasteiger charge is -2.30. The normalized spacial score (nSPS) is 17.2. The van der Waals surface area contributed by atoms with Crippen LogP contribution in [0.5, 0.6) is 0 Å². The quantitative estimate of drug-likeness (QED) is 0.283. The molecule has 1 aliphatic heterocycles. The van der Waals surface area contributed by atoms with Gasteiger partial charge >= 0.3 is 5.97 Å². The van der Waals surface area contributed by atoms with Crippen molar-refractivity contribution in [1.29, 1.82) is 0 Å². The Kier molecular flexibility index (Phi) is 11.9. The Morgan fingerprint density at radius 3 is 2.56 bits per heavy atom. The molecule has 0 aliphatic carbocycles. The molecule has 1 aromatic carbocycles. The van der Waals surface area contributed by atoms with E-state index < -0.39 is 11.5 Å². The Balaban J connectivity index is 1.95. The monoisotopic (exact) mass is 498 g/mol. The van der Waals surface area contributed by atoms with Crippen molar-refractivity contribution in [3.8, 4) is 0 Å². The number of benzene rings is 1. The second-order valence-corrected chi connectivity index (χ2v) is 10.2. The summed E-state index contributed by atoms with van der Waals surface area (Å²) in [7, 11) is 0. The maximum absolute atomic E-state index is 13.1. The lowest BCUT2D eigenvalue weighted by Crippen LogP contribution is -2.50. The van der Waals surface area contributed by atoms with E-state index in [0.717, 1.165) is 18.4 Å². The maximum atomic E-state index is 13.1. The van der Waals surface area contributed by atoms with Crippen molar-refractivity contribution in [2.45, 2.75) is 70.4 Å². The standard InChI is InChI=1S/C29H42N2O5/c1-5-7-15-24(18-22-13-9-8-10-14-22)28(35)36-21-29(3,4)30-27(34)23(12-6-2)19-26(33)31-17-11-16-25(31)20-32/h5-6,8-10,13-14,23-25,32H,1-2,7,11-12,15-21H2,3-4H3,(H,30,34)/t23-,24+,25-/m0/s1. The van der Waals surface area contributed by atoms with E-state index in [9.17, 15) is 19.5 Å². The molecule has 1 aromatic rings. The highest BCUT2D eigenvalue weighted by atomic mass is 16.5. The van der Waals surface area contributed by atoms with Crippen molar-refractivity contribution in [2.75, 3.05) is 19.8 Å². The molecule has 36 heavy (non-hydrogen) atoms. The van der Waals surface area contributed by atoms with Gasteiger partial charge in [-0.25, -0.2) is 0 Å². The number of carbonyl (C=O) groups is 3. The summed E-state index contributed by atoms with van der Waals surface area (Å²) in [6.07, 6.45) is 7.37. The van der Waals surface area contributed by atoms with E-state index >= 15 is 0 Å². The van der Waals surface area contributed by atoms with Crippen LogP contribution in [0.25, 0.3) is 0 Å². The first kappa shape index (κ1) is 29.3. The summed E-state index contributed by atoms with van der Waals surface area (Å²) in [6, 6.07) is 9.64. The van der Waals surface area contributed by atoms with Crippen molar-refractivity contribution in [3.05, 3.63) is 61.2 Å². The van der Waals surface area contributed by atoms with Gasteiger partial charge in [-0.1, -0.05) is 42.5 Å². The molecule has 0 saturated carbocycles. The second-order valence-electron chi connectivity index (χ2n) is 10.2. The number of allylic oxidation sites excluding steroid dienone is 2. The van der Waals surface area contributed by atoms with Gasteiger partial charge in [-0.3, -0.25) is 14.4 Å². The summed E-state index contributed by atoms with van der Waals surface area (Å²) < 4.78 is 5.66. The molecule has 3 atom stereocenters. The number of nitrogens with one attached hydrogen (secondary N) is 1. The van der Waals surface area contributed by atoms with Crippen LogP contribution in [-0.2, 0) is 25.5 Å². The molecule has 0 unspecified atom stereocenters. The van der Waals surface area contributed by atoms with Crippen LogP contribution in [0.1, 0.15) is 57.9 Å². The number of rotatable bonds is 15. The highest BCUT2D eigenvalue weighted by molar-refractivity contribution is 5.86. The van der Waals surface area contributed by atoms with Gasteiger partial charge in [0.2, 0.25) is 11.8 Å². The van der Waals surface area contributed by atoms with E-state index in [2.05, 4.69) is 18.5 Å². The van der Waals surface area contributed by atoms with Crippen LogP contribution >= 0.6 is 0 Å². The lowest BCUT2D eigenvalue weighted by atomic mass is 9.94. The Hall–Kier alpha value is -2.93. The lowest BCUT2D eigenvalue weighted by molar-refractivity contribution is -0.151. The number of hydrogen-bond acceptors (Lipinski definition) is 5. The number of hydrogen-bond donors (Lipinski definition) is 2. The number of amides is 2. The first-order valence-corrected chi connectivity index (χ1v) is 12.9. The van der Waals surface area contributed by atoms with Gasteiger partial charge < -0.3 is 20.1 Å². The largest absolute Gasteiger partial charge is 0.463 e. The molecule has 0 aromatic heterocycles. The number of likely N-dealkylation sites (tertiary alicyclic amines) is 1. The van der Waals surface area contributed by atoms with E-state index in [1.54, 1.807) is 30.9 Å². The van der Waals surface area contributed by atoms with Crippen LogP contribution in [0.15, 0.2) is 55.6 Å². The van der Waals surface area contributed by atoms with Gasteiger partial charge in [-0.2, -0.15) is 0 Å². The zero-order valence-electron chi connectivity index (χ0n) is 21.8. The summed E-state index contributed by atoms with van der Waals surface area (Å²) in [5, 5.41) is 12.5. The molecular weight excluding hydrogens is 456 g/mol. The highest BCUT2D eigenvalue weighted by Crippen LogP contribution is 2.22. The SMILES string of the molecule is C=CCC[C@H](Cc1ccccc1)C(=O)OCC(C)(C)NC(=O)[C@@H](CC=C)CC(=O)N1CCC[C@H]1CO. The topological polar surface area (TPSA) is 95.9 Å². The number of nitrogens with zero attached hydrogens (tertiary/aromatic N) is 1. The van der Waals surface area contributed by atoms with Crippen molar-refractivity contribution in [1.82, 2.24) is 10.2 Å². The molecule has 1 fully saturated rings. The van der Waals surface area contributed by atoms with E-state index in [1.807, 2.05) is 30.3 Å². The van der Waals surface area contributed by atoms with E-state index in [4.69, 9.17) is 4.74 Å². The van der Waals surface area contributed by atoms with E-state index in [1.165, 1.54) is 0 Å². The van der Waals surface area contributed by atoms with Crippen LogP contribution in [0.3, 0.4) is 0 Å². The van der Waals surface area contributed by atoms with Crippen LogP contribution in [0, 0.1) is 11.8 Å². The molecule has 7 heteroatoms. The summed E-state index contributed by atoms with van der Waals surface area (Å²) >= 11 is 0. The summed E-state index contributed by atoms with van der Waals surface area (Å²) in [5.41, 5.74) is 0.251. The molecular formula is C29H42N2O5. The molecule has 0 radical (unpaired) electrons. The minimum Gasteiger partial charge on any atom is -0.463 e. The Labute approximate surface area is 215 Å². The van der Waals surface area contributed by atoms with Gasteiger partial charge in [0.25, 0.3) is 0 Å². The predicted octanol–water partition coefficient (Wildman–Crippen LogP) is 3.82. The molecule has 2 rings (SSSR count). The summed E-state index contributed by atoms with van der Waals surface area (Å²) in [5.74, 6) is -1.60. The third-order valence-electron chi connectivity index (χ3n) is 6.57. The van der Waals surface area contributed by atoms with Crippen LogP contribution in [-0.4, -0.2) is 59.1 Å². The minimum atomic E-state index is -0.813. The van der Waals surface area contributed by atoms with Gasteiger partial charge in [0.05, 0.1) is 30.0 Å². The third-order valence-corrected chi connectivity index (χ3v) is 6.57. The van der Waals surface area contributed by atoms with Gasteiger partial charge in [0.1, 0.15) is 6.61 Å². The average Bonchev–Trinajstić information content (AvgIpc) is 3.34. The number of ether oxygens (including phenoxy) is 1. The van der Waals surface area contributed by atoms with Gasteiger partial charge in [-0.15, -0.1) is 13.2 Å². The fraction of sp³-hybridized carbons (Fsp3) is 0.552. The Bertz CT molecular complexity index is 883. The first-order valence-electron chi connectivity index (χ1n) is 12.9. The molecule has 2 amide bonds. The minimum absolute atomic E-state index is 0.0183. The molecule has 1 aliphatic rings. The van der Waals surface area contributed by atoms with Crippen molar-refractivity contribution in [2.24, 2.45) is 11.8 Å². The number of aliphatic hydroxyl groups is 1. The van der Waals surface area contributed by atoms with Gasteiger partial charge in [0, 0.05) is 13.0 Å².